The molecule has 0 saturated carbocycles. The highest BCUT2D eigenvalue weighted by atomic mass is 19.1. The van der Waals surface area contributed by atoms with Crippen molar-refractivity contribution in [1.29, 1.82) is 0 Å². The number of pyridine rings is 2. The normalized spacial score (nSPS) is 13.6. The van der Waals surface area contributed by atoms with Crippen molar-refractivity contribution in [3.8, 4) is 28.7 Å². The van der Waals surface area contributed by atoms with Crippen molar-refractivity contribution >= 4 is 10.9 Å². The highest BCUT2D eigenvalue weighted by Gasteiger charge is 2.15. The minimum absolute atomic E-state index is 0.0254. The van der Waals surface area contributed by atoms with Crippen molar-refractivity contribution in [1.82, 2.24) is 14.5 Å². The third kappa shape index (κ3) is 6.90. The van der Waals surface area contributed by atoms with Crippen LogP contribution in [-0.2, 0) is 11.2 Å². The minimum Gasteiger partial charge on any atom is -0.493 e. The first-order valence-corrected chi connectivity index (χ1v) is 14.7. The molecule has 0 spiro atoms. The number of fused-ring (bicyclic) bond motifs is 1. The molecule has 0 bridgehead atoms. The lowest BCUT2D eigenvalue weighted by molar-refractivity contribution is 0.0357. The molecule has 8 nitrogen and oxygen atoms in total. The number of hydrogen-bond donors (Lipinski definition) is 0. The number of rotatable bonds is 11. The fraction of sp³-hybridized carbons (Fsp3) is 0.257. The summed E-state index contributed by atoms with van der Waals surface area (Å²) < 4.78 is 39.8. The molecule has 44 heavy (non-hydrogen) atoms. The minimum atomic E-state index is -0.597. The van der Waals surface area contributed by atoms with Crippen LogP contribution in [0.3, 0.4) is 0 Å². The molecule has 1 saturated heterocycles. The second-order valence-electron chi connectivity index (χ2n) is 10.6. The van der Waals surface area contributed by atoms with Gasteiger partial charge in [-0.25, -0.2) is 4.39 Å². The lowest BCUT2D eigenvalue weighted by atomic mass is 10.1. The van der Waals surface area contributed by atoms with E-state index in [4.69, 9.17) is 18.9 Å². The maximum atomic E-state index is 15.3. The highest BCUT2D eigenvalue weighted by molar-refractivity contribution is 5.88. The Hall–Kier alpha value is -4.73. The van der Waals surface area contributed by atoms with Gasteiger partial charge in [-0.05, 0) is 54.3 Å². The third-order valence-electron chi connectivity index (χ3n) is 7.62. The molecule has 1 aliphatic rings. The van der Waals surface area contributed by atoms with Gasteiger partial charge in [0.15, 0.2) is 23.1 Å². The Morgan fingerprint density at radius 3 is 2.50 bits per heavy atom. The number of halogens is 1. The van der Waals surface area contributed by atoms with Gasteiger partial charge in [0.1, 0.15) is 5.75 Å². The quantitative estimate of drug-likeness (QED) is 0.173. The Morgan fingerprint density at radius 2 is 1.73 bits per heavy atom. The molecule has 3 aromatic carbocycles. The van der Waals surface area contributed by atoms with Crippen LogP contribution in [0.4, 0.5) is 4.39 Å². The zero-order chi connectivity index (χ0) is 30.3. The van der Waals surface area contributed by atoms with Crippen molar-refractivity contribution in [2.45, 2.75) is 12.8 Å². The molecule has 9 heteroatoms. The molecule has 0 amide bonds. The molecular formula is C35H34FN3O5. The largest absolute Gasteiger partial charge is 0.493 e. The van der Waals surface area contributed by atoms with E-state index in [-0.39, 0.29) is 11.3 Å². The Labute approximate surface area is 255 Å². The number of ether oxygens (including phenoxy) is 4. The van der Waals surface area contributed by atoms with Gasteiger partial charge >= 0.3 is 0 Å². The molecule has 0 unspecified atom stereocenters. The standard InChI is InChI=1S/C35H34FN3O5/c1-41-33-23-28-30(24-34(33)43-17-5-13-38-15-18-42-19-16-38)37-12-10-31(28)44-32-9-8-27(22-29(32)36)39-14-11-26(21-35(39)40)20-25-6-3-2-4-7-25/h2-4,6-12,14,21-24H,5,13,15-20H2,1H3. The van der Waals surface area contributed by atoms with Gasteiger partial charge in [-0.1, -0.05) is 30.3 Å². The van der Waals surface area contributed by atoms with Crippen LogP contribution in [0, 0.1) is 5.82 Å². The van der Waals surface area contributed by atoms with Crippen molar-refractivity contribution in [2.24, 2.45) is 0 Å². The number of benzene rings is 3. The summed E-state index contributed by atoms with van der Waals surface area (Å²) in [6.07, 6.45) is 4.79. The first-order valence-electron chi connectivity index (χ1n) is 14.7. The third-order valence-corrected chi connectivity index (χ3v) is 7.62. The highest BCUT2D eigenvalue weighted by Crippen LogP contribution is 2.37. The molecule has 0 aliphatic carbocycles. The van der Waals surface area contributed by atoms with Gasteiger partial charge in [0, 0.05) is 55.6 Å². The predicted octanol–water partition coefficient (Wildman–Crippen LogP) is 6.02. The monoisotopic (exact) mass is 595 g/mol. The van der Waals surface area contributed by atoms with E-state index < -0.39 is 5.82 Å². The van der Waals surface area contributed by atoms with Gasteiger partial charge < -0.3 is 18.9 Å². The van der Waals surface area contributed by atoms with E-state index in [0.717, 1.165) is 50.4 Å². The van der Waals surface area contributed by atoms with Crippen LogP contribution in [-0.4, -0.2) is 61.0 Å². The second kappa shape index (κ2) is 13.7. The molecule has 226 valence electrons. The predicted molar refractivity (Wildman–Crippen MR) is 167 cm³/mol. The number of hydrogen-bond acceptors (Lipinski definition) is 7. The Balaban J connectivity index is 1.16. The summed E-state index contributed by atoms with van der Waals surface area (Å²) in [5.74, 6) is 0.966. The fourth-order valence-electron chi connectivity index (χ4n) is 5.30. The SMILES string of the molecule is COc1cc2c(Oc3ccc(-n4ccc(Cc5ccccc5)cc4=O)cc3F)ccnc2cc1OCCCN1CCOCC1. The summed E-state index contributed by atoms with van der Waals surface area (Å²) >= 11 is 0. The van der Waals surface area contributed by atoms with Crippen LogP contribution in [0.2, 0.25) is 0 Å². The zero-order valence-corrected chi connectivity index (χ0v) is 24.6. The Bertz CT molecular complexity index is 1790. The van der Waals surface area contributed by atoms with Gasteiger partial charge in [0.2, 0.25) is 0 Å². The number of methoxy groups -OCH3 is 1. The van der Waals surface area contributed by atoms with Crippen LogP contribution in [0.15, 0.2) is 96.1 Å². The Morgan fingerprint density at radius 1 is 0.886 bits per heavy atom. The van der Waals surface area contributed by atoms with E-state index in [1.165, 1.54) is 16.7 Å². The second-order valence-corrected chi connectivity index (χ2v) is 10.6. The van der Waals surface area contributed by atoms with Crippen LogP contribution < -0.4 is 19.8 Å². The van der Waals surface area contributed by atoms with Crippen molar-refractivity contribution in [3.05, 3.63) is 119 Å². The summed E-state index contributed by atoms with van der Waals surface area (Å²) in [6, 6.07) is 23.1. The van der Waals surface area contributed by atoms with Crippen LogP contribution >= 0.6 is 0 Å². The average molecular weight is 596 g/mol. The molecule has 0 radical (unpaired) electrons. The van der Waals surface area contributed by atoms with Crippen molar-refractivity contribution in [2.75, 3.05) is 46.6 Å². The maximum absolute atomic E-state index is 15.3. The first-order chi connectivity index (χ1) is 21.6. The van der Waals surface area contributed by atoms with Gasteiger partial charge in [-0.3, -0.25) is 19.2 Å². The molecule has 1 fully saturated rings. The summed E-state index contributed by atoms with van der Waals surface area (Å²) in [5, 5.41) is 0.652. The smallest absolute Gasteiger partial charge is 0.255 e. The molecule has 0 atom stereocenters. The molecule has 3 heterocycles. The van der Waals surface area contributed by atoms with Gasteiger partial charge in [0.25, 0.3) is 5.56 Å². The fourth-order valence-corrected chi connectivity index (χ4v) is 5.30. The topological polar surface area (TPSA) is 75.0 Å². The summed E-state index contributed by atoms with van der Waals surface area (Å²) in [4.78, 5) is 19.7. The lowest BCUT2D eigenvalue weighted by Crippen LogP contribution is -2.37. The Kier molecular flexibility index (Phi) is 9.14. The van der Waals surface area contributed by atoms with E-state index >= 15 is 4.39 Å². The van der Waals surface area contributed by atoms with Crippen LogP contribution in [0.5, 0.6) is 23.0 Å². The van der Waals surface area contributed by atoms with E-state index in [1.54, 1.807) is 43.8 Å². The molecular weight excluding hydrogens is 561 g/mol. The zero-order valence-electron chi connectivity index (χ0n) is 24.6. The van der Waals surface area contributed by atoms with E-state index in [0.29, 0.717) is 46.9 Å². The number of nitrogens with zero attached hydrogens (tertiary/aromatic N) is 3. The summed E-state index contributed by atoms with van der Waals surface area (Å²) in [6.45, 7) is 4.89. The van der Waals surface area contributed by atoms with E-state index in [2.05, 4.69) is 9.88 Å². The van der Waals surface area contributed by atoms with Gasteiger partial charge in [-0.15, -0.1) is 0 Å². The van der Waals surface area contributed by atoms with E-state index in [9.17, 15) is 4.79 Å². The number of aromatic nitrogens is 2. The van der Waals surface area contributed by atoms with Gasteiger partial charge in [-0.2, -0.15) is 0 Å². The molecule has 0 N–H and O–H groups in total. The van der Waals surface area contributed by atoms with Crippen molar-refractivity contribution in [3.63, 3.8) is 0 Å². The molecule has 5 aromatic rings. The van der Waals surface area contributed by atoms with Crippen LogP contribution in [0.25, 0.3) is 16.6 Å². The van der Waals surface area contributed by atoms with E-state index in [1.807, 2.05) is 42.5 Å². The van der Waals surface area contributed by atoms with Crippen LogP contribution in [0.1, 0.15) is 17.5 Å². The summed E-state index contributed by atoms with van der Waals surface area (Å²) in [7, 11) is 1.58. The van der Waals surface area contributed by atoms with Gasteiger partial charge in [0.05, 0.1) is 38.1 Å². The molecule has 6 rings (SSSR count). The lowest BCUT2D eigenvalue weighted by Gasteiger charge is -2.26. The molecule has 1 aliphatic heterocycles. The average Bonchev–Trinajstić information content (AvgIpc) is 3.05. The van der Waals surface area contributed by atoms with Crippen molar-refractivity contribution < 1.29 is 23.3 Å². The molecule has 2 aromatic heterocycles. The first kappa shape index (κ1) is 29.3. The number of morpholine rings is 1. The maximum Gasteiger partial charge on any atom is 0.255 e. The summed E-state index contributed by atoms with van der Waals surface area (Å²) in [5.41, 5.74) is 2.80.